The molecule has 16 heavy (non-hydrogen) atoms. The minimum absolute atomic E-state index is 0.389. The van der Waals surface area contributed by atoms with E-state index < -0.39 is 0 Å². The molecule has 94 valence electrons. The van der Waals surface area contributed by atoms with Gasteiger partial charge in [-0.1, -0.05) is 20.8 Å². The van der Waals surface area contributed by atoms with Gasteiger partial charge in [0.2, 0.25) is 0 Å². The quantitative estimate of drug-likeness (QED) is 0.775. The highest BCUT2D eigenvalue weighted by Gasteiger charge is 2.39. The van der Waals surface area contributed by atoms with Crippen LogP contribution < -0.4 is 5.32 Å². The molecule has 2 nitrogen and oxygen atoms in total. The van der Waals surface area contributed by atoms with Crippen LogP contribution in [0.1, 0.15) is 47.5 Å². The van der Waals surface area contributed by atoms with Gasteiger partial charge in [0, 0.05) is 31.2 Å². The second-order valence-corrected chi connectivity index (χ2v) is 6.94. The molecule has 1 N–H and O–H groups in total. The average molecular weight is 224 g/mol. The highest BCUT2D eigenvalue weighted by atomic mass is 15.3. The van der Waals surface area contributed by atoms with E-state index in [4.69, 9.17) is 0 Å². The predicted molar refractivity (Wildman–Crippen MR) is 69.6 cm³/mol. The van der Waals surface area contributed by atoms with E-state index in [1.54, 1.807) is 0 Å². The van der Waals surface area contributed by atoms with E-state index in [0.29, 0.717) is 17.5 Å². The molecule has 0 aromatic rings. The fourth-order valence-corrected chi connectivity index (χ4v) is 2.76. The molecular weight excluding hydrogens is 196 g/mol. The molecule has 0 aromatic carbocycles. The highest BCUT2D eigenvalue weighted by Crippen LogP contribution is 2.36. The Morgan fingerprint density at radius 2 is 1.88 bits per heavy atom. The Hall–Kier alpha value is -0.0800. The average Bonchev–Trinajstić information content (AvgIpc) is 2.99. The summed E-state index contributed by atoms with van der Waals surface area (Å²) in [6.07, 6.45) is 2.90. The van der Waals surface area contributed by atoms with Crippen molar-refractivity contribution >= 4 is 0 Å². The second kappa shape index (κ2) is 4.30. The first kappa shape index (κ1) is 12.4. The van der Waals surface area contributed by atoms with E-state index in [1.807, 2.05) is 0 Å². The molecule has 0 amide bonds. The number of hydrogen-bond donors (Lipinski definition) is 1. The van der Waals surface area contributed by atoms with E-state index in [0.717, 1.165) is 12.0 Å². The second-order valence-electron chi connectivity index (χ2n) is 6.94. The molecular formula is C14H28N2. The van der Waals surface area contributed by atoms with Gasteiger partial charge in [0.1, 0.15) is 0 Å². The van der Waals surface area contributed by atoms with Crippen LogP contribution >= 0.6 is 0 Å². The Labute approximate surface area is 101 Å². The van der Waals surface area contributed by atoms with Crippen molar-refractivity contribution in [1.29, 1.82) is 0 Å². The third-order valence-corrected chi connectivity index (χ3v) is 4.59. The van der Waals surface area contributed by atoms with Crippen LogP contribution in [0.2, 0.25) is 0 Å². The Bertz CT molecular complexity index is 240. The summed E-state index contributed by atoms with van der Waals surface area (Å²) in [5.41, 5.74) is 0.389. The SMILES string of the molecule is CC1CNC(C2CC2)CN1C(C)C(C)(C)C. The van der Waals surface area contributed by atoms with Crippen molar-refractivity contribution in [2.75, 3.05) is 13.1 Å². The highest BCUT2D eigenvalue weighted by molar-refractivity contribution is 4.96. The van der Waals surface area contributed by atoms with Gasteiger partial charge in [0.15, 0.2) is 0 Å². The maximum absolute atomic E-state index is 3.73. The van der Waals surface area contributed by atoms with Gasteiger partial charge in [-0.05, 0) is 38.0 Å². The molecule has 3 atom stereocenters. The minimum atomic E-state index is 0.389. The van der Waals surface area contributed by atoms with Crippen molar-refractivity contribution in [2.45, 2.75) is 65.6 Å². The summed E-state index contributed by atoms with van der Waals surface area (Å²) in [5, 5.41) is 3.73. The van der Waals surface area contributed by atoms with Crippen LogP contribution in [0, 0.1) is 11.3 Å². The lowest BCUT2D eigenvalue weighted by molar-refractivity contribution is 0.0390. The molecule has 1 aliphatic heterocycles. The molecule has 1 saturated heterocycles. The van der Waals surface area contributed by atoms with Gasteiger partial charge in [0.25, 0.3) is 0 Å². The van der Waals surface area contributed by atoms with E-state index in [9.17, 15) is 0 Å². The number of nitrogens with zero attached hydrogens (tertiary/aromatic N) is 1. The number of nitrogens with one attached hydrogen (secondary N) is 1. The largest absolute Gasteiger partial charge is 0.311 e. The summed E-state index contributed by atoms with van der Waals surface area (Å²) in [7, 11) is 0. The monoisotopic (exact) mass is 224 g/mol. The molecule has 3 unspecified atom stereocenters. The molecule has 2 aliphatic rings. The molecule has 0 radical (unpaired) electrons. The van der Waals surface area contributed by atoms with Crippen LogP contribution in [0.4, 0.5) is 0 Å². The molecule has 0 spiro atoms. The fraction of sp³-hybridized carbons (Fsp3) is 1.00. The molecule has 1 aliphatic carbocycles. The standard InChI is InChI=1S/C14H28N2/c1-10-8-15-13(12-6-7-12)9-16(10)11(2)14(3,4)5/h10-13,15H,6-9H2,1-5H3. The molecule has 2 heteroatoms. The summed E-state index contributed by atoms with van der Waals surface area (Å²) in [4.78, 5) is 2.72. The predicted octanol–water partition coefficient (Wildman–Crippen LogP) is 2.49. The van der Waals surface area contributed by atoms with E-state index in [2.05, 4.69) is 44.8 Å². The molecule has 0 bridgehead atoms. The lowest BCUT2D eigenvalue weighted by Crippen LogP contribution is -2.60. The van der Waals surface area contributed by atoms with Crippen LogP contribution in [0.3, 0.4) is 0 Å². The first-order valence-electron chi connectivity index (χ1n) is 6.88. The minimum Gasteiger partial charge on any atom is -0.311 e. The van der Waals surface area contributed by atoms with Crippen LogP contribution in [0.15, 0.2) is 0 Å². The number of rotatable bonds is 2. The smallest absolute Gasteiger partial charge is 0.0224 e. The fourth-order valence-electron chi connectivity index (χ4n) is 2.76. The lowest BCUT2D eigenvalue weighted by Gasteiger charge is -2.46. The van der Waals surface area contributed by atoms with Crippen molar-refractivity contribution in [3.05, 3.63) is 0 Å². The van der Waals surface area contributed by atoms with Crippen molar-refractivity contribution in [3.63, 3.8) is 0 Å². The number of hydrogen-bond acceptors (Lipinski definition) is 2. The van der Waals surface area contributed by atoms with Gasteiger partial charge in [-0.3, -0.25) is 4.90 Å². The van der Waals surface area contributed by atoms with E-state index in [1.165, 1.54) is 25.9 Å². The summed E-state index contributed by atoms with van der Waals surface area (Å²) >= 11 is 0. The van der Waals surface area contributed by atoms with Gasteiger partial charge in [-0.2, -0.15) is 0 Å². The third kappa shape index (κ3) is 2.60. The molecule has 1 saturated carbocycles. The summed E-state index contributed by atoms with van der Waals surface area (Å²) in [5.74, 6) is 0.974. The van der Waals surface area contributed by atoms with Gasteiger partial charge < -0.3 is 5.32 Å². The zero-order chi connectivity index (χ0) is 11.9. The van der Waals surface area contributed by atoms with Crippen molar-refractivity contribution in [2.24, 2.45) is 11.3 Å². The molecule has 2 fully saturated rings. The van der Waals surface area contributed by atoms with Crippen LogP contribution in [-0.4, -0.2) is 36.1 Å². The molecule has 1 heterocycles. The Kier molecular flexibility index (Phi) is 3.33. The maximum Gasteiger partial charge on any atom is 0.0224 e. The topological polar surface area (TPSA) is 15.3 Å². The zero-order valence-electron chi connectivity index (χ0n) is 11.6. The first-order chi connectivity index (χ1) is 7.39. The van der Waals surface area contributed by atoms with Crippen molar-refractivity contribution < 1.29 is 0 Å². The lowest BCUT2D eigenvalue weighted by atomic mass is 9.85. The van der Waals surface area contributed by atoms with E-state index >= 15 is 0 Å². The zero-order valence-corrected chi connectivity index (χ0v) is 11.6. The number of piperazine rings is 1. The van der Waals surface area contributed by atoms with Gasteiger partial charge in [0.05, 0.1) is 0 Å². The Morgan fingerprint density at radius 1 is 1.25 bits per heavy atom. The Morgan fingerprint density at radius 3 is 2.38 bits per heavy atom. The summed E-state index contributed by atoms with van der Waals surface area (Å²) in [6, 6.07) is 2.12. The summed E-state index contributed by atoms with van der Waals surface area (Å²) < 4.78 is 0. The van der Waals surface area contributed by atoms with Crippen LogP contribution in [0.25, 0.3) is 0 Å². The van der Waals surface area contributed by atoms with E-state index in [-0.39, 0.29) is 0 Å². The first-order valence-corrected chi connectivity index (χ1v) is 6.88. The Balaban J connectivity index is 2.00. The molecule has 0 aromatic heterocycles. The van der Waals surface area contributed by atoms with Crippen molar-refractivity contribution in [3.8, 4) is 0 Å². The van der Waals surface area contributed by atoms with Crippen LogP contribution in [-0.2, 0) is 0 Å². The van der Waals surface area contributed by atoms with Gasteiger partial charge >= 0.3 is 0 Å². The normalized spacial score (nSPS) is 35.1. The third-order valence-electron chi connectivity index (χ3n) is 4.59. The van der Waals surface area contributed by atoms with Crippen LogP contribution in [0.5, 0.6) is 0 Å². The maximum atomic E-state index is 3.73. The van der Waals surface area contributed by atoms with Gasteiger partial charge in [-0.15, -0.1) is 0 Å². The summed E-state index contributed by atoms with van der Waals surface area (Å²) in [6.45, 7) is 14.3. The van der Waals surface area contributed by atoms with Crippen molar-refractivity contribution in [1.82, 2.24) is 10.2 Å². The molecule has 2 rings (SSSR count). The van der Waals surface area contributed by atoms with Gasteiger partial charge in [-0.25, -0.2) is 0 Å².